The maximum absolute atomic E-state index is 11.2. The van der Waals surface area contributed by atoms with Crippen molar-refractivity contribution in [3.05, 3.63) is 34.9 Å². The Morgan fingerprint density at radius 2 is 2.12 bits per heavy atom. The summed E-state index contributed by atoms with van der Waals surface area (Å²) in [6.07, 6.45) is 0.0893. The predicted molar refractivity (Wildman–Crippen MR) is 56.9 cm³/mol. The molecule has 0 spiro atoms. The Labute approximate surface area is 97.7 Å². The van der Waals surface area contributed by atoms with E-state index in [9.17, 15) is 9.90 Å². The summed E-state index contributed by atoms with van der Waals surface area (Å²) in [7, 11) is 1.29. The molecule has 1 aromatic rings. The summed E-state index contributed by atoms with van der Waals surface area (Å²) in [4.78, 5) is 11.2. The fourth-order valence-corrected chi connectivity index (χ4v) is 1.91. The van der Waals surface area contributed by atoms with Gasteiger partial charge in [-0.25, -0.2) is 0 Å². The van der Waals surface area contributed by atoms with Crippen LogP contribution in [-0.2, 0) is 14.3 Å². The number of esters is 1. The van der Waals surface area contributed by atoms with E-state index in [0.29, 0.717) is 5.02 Å². The Bertz CT molecular complexity index is 403. The third kappa shape index (κ3) is 1.91. The van der Waals surface area contributed by atoms with E-state index < -0.39 is 17.9 Å². The van der Waals surface area contributed by atoms with Gasteiger partial charge in [-0.15, -0.1) is 0 Å². The summed E-state index contributed by atoms with van der Waals surface area (Å²) in [5.74, 6) is -2.88. The average Bonchev–Trinajstić information content (AvgIpc) is 2.56. The molecule has 0 bridgehead atoms. The van der Waals surface area contributed by atoms with Gasteiger partial charge in [0.05, 0.1) is 12.3 Å². The van der Waals surface area contributed by atoms with Crippen molar-refractivity contribution in [1.29, 1.82) is 0 Å². The van der Waals surface area contributed by atoms with Crippen molar-refractivity contribution in [3.8, 4) is 0 Å². The number of cyclic esters (lactones) is 1. The van der Waals surface area contributed by atoms with Crippen LogP contribution in [0.15, 0.2) is 24.3 Å². The summed E-state index contributed by atoms with van der Waals surface area (Å²) in [5, 5.41) is 10.5. The number of benzene rings is 1. The van der Waals surface area contributed by atoms with Crippen LogP contribution in [-0.4, -0.2) is 24.2 Å². The van der Waals surface area contributed by atoms with Gasteiger partial charge >= 0.3 is 11.9 Å². The Morgan fingerprint density at radius 3 is 2.69 bits per heavy atom. The Balaban J connectivity index is 2.32. The van der Waals surface area contributed by atoms with E-state index in [1.54, 1.807) is 24.3 Å². The van der Waals surface area contributed by atoms with E-state index in [0.717, 1.165) is 5.56 Å². The second-order valence-corrected chi connectivity index (χ2v) is 4.05. The molecule has 1 heterocycles. The van der Waals surface area contributed by atoms with Gasteiger partial charge in [0.25, 0.3) is 0 Å². The first-order valence-electron chi connectivity index (χ1n) is 4.80. The second-order valence-electron chi connectivity index (χ2n) is 3.62. The largest absolute Gasteiger partial charge is 0.407 e. The van der Waals surface area contributed by atoms with Crippen molar-refractivity contribution in [2.75, 3.05) is 7.11 Å². The monoisotopic (exact) mass is 242 g/mol. The number of hydrogen-bond acceptors (Lipinski definition) is 4. The fraction of sp³-hybridized carbons (Fsp3) is 0.364. The molecule has 1 saturated heterocycles. The zero-order valence-corrected chi connectivity index (χ0v) is 9.40. The number of rotatable bonds is 2. The van der Waals surface area contributed by atoms with Gasteiger partial charge in [0.15, 0.2) is 0 Å². The van der Waals surface area contributed by atoms with Crippen LogP contribution in [0.5, 0.6) is 0 Å². The highest BCUT2D eigenvalue weighted by Gasteiger charge is 2.49. The highest BCUT2D eigenvalue weighted by Crippen LogP contribution is 2.39. The molecule has 1 N–H and O–H groups in total. The van der Waals surface area contributed by atoms with Gasteiger partial charge in [0.1, 0.15) is 0 Å². The van der Waals surface area contributed by atoms with Gasteiger partial charge < -0.3 is 14.6 Å². The highest BCUT2D eigenvalue weighted by atomic mass is 35.5. The smallest absolute Gasteiger partial charge is 0.334 e. The molecule has 1 aromatic carbocycles. The van der Waals surface area contributed by atoms with E-state index in [1.807, 2.05) is 0 Å². The molecule has 1 aliphatic heterocycles. The van der Waals surface area contributed by atoms with Gasteiger partial charge in [-0.2, -0.15) is 0 Å². The first-order chi connectivity index (χ1) is 7.55. The molecule has 0 aliphatic carbocycles. The molecular weight excluding hydrogens is 232 g/mol. The number of carbonyl (C=O) groups excluding carboxylic acids is 1. The first-order valence-corrected chi connectivity index (χ1v) is 5.18. The molecule has 0 saturated carbocycles. The molecule has 2 unspecified atom stereocenters. The number of carbonyl (C=O) groups is 1. The average molecular weight is 243 g/mol. The maximum Gasteiger partial charge on any atom is 0.334 e. The van der Waals surface area contributed by atoms with Crippen LogP contribution < -0.4 is 0 Å². The van der Waals surface area contributed by atoms with Crippen molar-refractivity contribution in [3.63, 3.8) is 0 Å². The fourth-order valence-electron chi connectivity index (χ4n) is 1.78. The number of hydrogen-bond donors (Lipinski definition) is 1. The molecule has 0 amide bonds. The minimum atomic E-state index is -1.87. The summed E-state index contributed by atoms with van der Waals surface area (Å²) in [6.45, 7) is 0. The van der Waals surface area contributed by atoms with Gasteiger partial charge in [0, 0.05) is 12.1 Å². The summed E-state index contributed by atoms with van der Waals surface area (Å²) in [5.41, 5.74) is 0.750. The summed E-state index contributed by atoms with van der Waals surface area (Å²) >= 11 is 5.76. The molecule has 0 aromatic heterocycles. The lowest BCUT2D eigenvalue weighted by atomic mass is 9.95. The third-order valence-electron chi connectivity index (χ3n) is 2.64. The SMILES string of the molecule is COC1(O)OC(=O)CC1c1ccc(Cl)cc1. The number of aliphatic hydroxyl groups is 1. The van der Waals surface area contributed by atoms with Crippen LogP contribution >= 0.6 is 11.6 Å². The number of halogens is 1. The van der Waals surface area contributed by atoms with Gasteiger partial charge in [-0.1, -0.05) is 23.7 Å². The maximum atomic E-state index is 11.2. The highest BCUT2D eigenvalue weighted by molar-refractivity contribution is 6.30. The van der Waals surface area contributed by atoms with Crippen LogP contribution in [0.1, 0.15) is 17.9 Å². The quantitative estimate of drug-likeness (QED) is 0.633. The first kappa shape index (κ1) is 11.4. The molecule has 4 nitrogen and oxygen atoms in total. The zero-order chi connectivity index (χ0) is 11.8. The predicted octanol–water partition coefficient (Wildman–Crippen LogP) is 1.66. The Hall–Kier alpha value is -1.10. The van der Waals surface area contributed by atoms with Crippen molar-refractivity contribution < 1.29 is 19.4 Å². The second kappa shape index (κ2) is 4.05. The zero-order valence-electron chi connectivity index (χ0n) is 8.64. The minimum absolute atomic E-state index is 0.0893. The van der Waals surface area contributed by atoms with Crippen molar-refractivity contribution in [1.82, 2.24) is 0 Å². The molecule has 1 fully saturated rings. The molecular formula is C11H11ClO4. The van der Waals surface area contributed by atoms with E-state index in [-0.39, 0.29) is 6.42 Å². The summed E-state index contributed by atoms with van der Waals surface area (Å²) in [6, 6.07) is 6.85. The van der Waals surface area contributed by atoms with Crippen LogP contribution in [0.25, 0.3) is 0 Å². The third-order valence-corrected chi connectivity index (χ3v) is 2.89. The Kier molecular flexibility index (Phi) is 2.88. The normalized spacial score (nSPS) is 29.2. The lowest BCUT2D eigenvalue weighted by Gasteiger charge is -2.25. The number of methoxy groups -OCH3 is 1. The van der Waals surface area contributed by atoms with Crippen molar-refractivity contribution >= 4 is 17.6 Å². The lowest BCUT2D eigenvalue weighted by molar-refractivity contribution is -0.324. The molecule has 16 heavy (non-hydrogen) atoms. The van der Waals surface area contributed by atoms with E-state index >= 15 is 0 Å². The molecule has 1 aliphatic rings. The minimum Gasteiger partial charge on any atom is -0.407 e. The number of ether oxygens (including phenoxy) is 2. The lowest BCUT2D eigenvalue weighted by Crippen LogP contribution is -2.36. The molecule has 5 heteroatoms. The van der Waals surface area contributed by atoms with E-state index in [2.05, 4.69) is 0 Å². The topological polar surface area (TPSA) is 55.8 Å². The van der Waals surface area contributed by atoms with Crippen LogP contribution in [0, 0.1) is 0 Å². The van der Waals surface area contributed by atoms with Gasteiger partial charge in [0.2, 0.25) is 0 Å². The van der Waals surface area contributed by atoms with E-state index in [4.69, 9.17) is 21.1 Å². The standard InChI is InChI=1S/C11H11ClO4/c1-15-11(14)9(6-10(13)16-11)7-2-4-8(12)5-3-7/h2-5,9,14H,6H2,1H3. The van der Waals surface area contributed by atoms with Crippen LogP contribution in [0.2, 0.25) is 5.02 Å². The van der Waals surface area contributed by atoms with E-state index in [1.165, 1.54) is 7.11 Å². The van der Waals surface area contributed by atoms with Gasteiger partial charge in [-0.05, 0) is 17.7 Å². The molecule has 2 atom stereocenters. The Morgan fingerprint density at radius 1 is 1.50 bits per heavy atom. The van der Waals surface area contributed by atoms with Crippen molar-refractivity contribution in [2.45, 2.75) is 18.3 Å². The molecule has 86 valence electrons. The van der Waals surface area contributed by atoms with Crippen LogP contribution in [0.4, 0.5) is 0 Å². The van der Waals surface area contributed by atoms with Crippen LogP contribution in [0.3, 0.4) is 0 Å². The summed E-state index contributed by atoms with van der Waals surface area (Å²) < 4.78 is 9.60. The molecule has 2 rings (SSSR count). The molecule has 0 radical (unpaired) electrons. The van der Waals surface area contributed by atoms with Gasteiger partial charge in [-0.3, -0.25) is 4.79 Å². The van der Waals surface area contributed by atoms with Crippen molar-refractivity contribution in [2.24, 2.45) is 0 Å².